The summed E-state index contributed by atoms with van der Waals surface area (Å²) < 4.78 is 13.7. The first-order chi connectivity index (χ1) is 7.41. The maximum absolute atomic E-state index is 13.2. The Balaban J connectivity index is 2.87. The summed E-state index contributed by atoms with van der Waals surface area (Å²) in [5, 5.41) is 2.79. The number of carbonyl (C=O) groups excluding carboxylic acids is 1. The second kappa shape index (κ2) is 5.43. The van der Waals surface area contributed by atoms with Crippen LogP contribution in [0, 0.1) is 18.7 Å². The number of carbonyl (C=O) groups is 1. The Morgan fingerprint density at radius 1 is 1.50 bits per heavy atom. The van der Waals surface area contributed by atoms with E-state index in [-0.39, 0.29) is 11.7 Å². The number of aryl methyl sites for hydroxylation is 1. The molecule has 0 aliphatic rings. The van der Waals surface area contributed by atoms with Gasteiger partial charge in [-0.2, -0.15) is 0 Å². The van der Waals surface area contributed by atoms with E-state index in [0.29, 0.717) is 28.1 Å². The molecule has 0 unspecified atom stereocenters. The molecule has 0 saturated carbocycles. The molecule has 1 N–H and O–H groups in total. The van der Waals surface area contributed by atoms with Crippen LogP contribution in [0.3, 0.4) is 0 Å². The van der Waals surface area contributed by atoms with Crippen LogP contribution in [-0.2, 0) is 0 Å². The molecule has 0 aliphatic heterocycles. The number of benzene rings is 1. The van der Waals surface area contributed by atoms with Crippen molar-refractivity contribution in [2.24, 2.45) is 5.92 Å². The minimum absolute atomic E-state index is 0.177. The summed E-state index contributed by atoms with van der Waals surface area (Å²) in [6.07, 6.45) is 0. The molecule has 4 heteroatoms. The van der Waals surface area contributed by atoms with E-state index in [4.69, 9.17) is 0 Å². The number of rotatable bonds is 3. The third kappa shape index (κ3) is 3.30. The van der Waals surface area contributed by atoms with Gasteiger partial charge in [-0.25, -0.2) is 4.39 Å². The van der Waals surface area contributed by atoms with Crippen molar-refractivity contribution in [2.45, 2.75) is 20.8 Å². The van der Waals surface area contributed by atoms with Gasteiger partial charge in [0.15, 0.2) is 0 Å². The van der Waals surface area contributed by atoms with Crippen LogP contribution in [0.2, 0.25) is 0 Å². The lowest BCUT2D eigenvalue weighted by Crippen LogP contribution is -2.27. The zero-order valence-electron chi connectivity index (χ0n) is 9.60. The van der Waals surface area contributed by atoms with E-state index < -0.39 is 0 Å². The van der Waals surface area contributed by atoms with Crippen molar-refractivity contribution in [3.05, 3.63) is 33.5 Å². The second-order valence-corrected chi connectivity index (χ2v) is 5.04. The van der Waals surface area contributed by atoms with Gasteiger partial charge in [0.25, 0.3) is 5.91 Å². The van der Waals surface area contributed by atoms with E-state index in [0.717, 1.165) is 0 Å². The Bertz CT molecular complexity index is 404. The zero-order chi connectivity index (χ0) is 12.3. The molecule has 1 rings (SSSR count). The molecule has 0 atom stereocenters. The summed E-state index contributed by atoms with van der Waals surface area (Å²) in [7, 11) is 0. The Kier molecular flexibility index (Phi) is 4.47. The van der Waals surface area contributed by atoms with Crippen molar-refractivity contribution in [1.82, 2.24) is 5.32 Å². The lowest BCUT2D eigenvalue weighted by atomic mass is 10.1. The quantitative estimate of drug-likeness (QED) is 0.908. The van der Waals surface area contributed by atoms with Crippen molar-refractivity contribution in [3.8, 4) is 0 Å². The van der Waals surface area contributed by atoms with E-state index in [9.17, 15) is 9.18 Å². The van der Waals surface area contributed by atoms with Gasteiger partial charge in [-0.05, 0) is 46.5 Å². The van der Waals surface area contributed by atoms with E-state index in [1.165, 1.54) is 6.07 Å². The van der Waals surface area contributed by atoms with Crippen LogP contribution < -0.4 is 5.32 Å². The highest BCUT2D eigenvalue weighted by Crippen LogP contribution is 2.20. The van der Waals surface area contributed by atoms with Crippen molar-refractivity contribution < 1.29 is 9.18 Å². The summed E-state index contributed by atoms with van der Waals surface area (Å²) in [4.78, 5) is 11.8. The van der Waals surface area contributed by atoms with Gasteiger partial charge < -0.3 is 5.32 Å². The average Bonchev–Trinajstić information content (AvgIpc) is 2.20. The highest BCUT2D eigenvalue weighted by Gasteiger charge is 2.12. The molecule has 88 valence electrons. The molecular weight excluding hydrogens is 273 g/mol. The molecule has 0 spiro atoms. The number of halogens is 2. The standard InChI is InChI=1S/C12H15BrFNO/c1-7(2)6-15-12(16)9-4-8(3)11(14)5-10(9)13/h4-5,7H,6H2,1-3H3,(H,15,16). The number of hydrogen-bond acceptors (Lipinski definition) is 1. The maximum atomic E-state index is 13.2. The summed E-state index contributed by atoms with van der Waals surface area (Å²) in [5.41, 5.74) is 0.942. The van der Waals surface area contributed by atoms with E-state index in [2.05, 4.69) is 21.2 Å². The van der Waals surface area contributed by atoms with Crippen LogP contribution in [0.4, 0.5) is 4.39 Å². The Morgan fingerprint density at radius 2 is 2.12 bits per heavy atom. The van der Waals surface area contributed by atoms with Gasteiger partial charge in [-0.15, -0.1) is 0 Å². The molecule has 16 heavy (non-hydrogen) atoms. The minimum Gasteiger partial charge on any atom is -0.352 e. The van der Waals surface area contributed by atoms with Crippen molar-refractivity contribution in [1.29, 1.82) is 0 Å². The van der Waals surface area contributed by atoms with Crippen LogP contribution in [0.25, 0.3) is 0 Å². The molecule has 2 nitrogen and oxygen atoms in total. The lowest BCUT2D eigenvalue weighted by molar-refractivity contribution is 0.0948. The summed E-state index contributed by atoms with van der Waals surface area (Å²) >= 11 is 3.19. The van der Waals surface area contributed by atoms with Gasteiger partial charge in [0, 0.05) is 11.0 Å². The van der Waals surface area contributed by atoms with Gasteiger partial charge in [-0.1, -0.05) is 13.8 Å². The third-order valence-corrected chi connectivity index (χ3v) is 2.82. The van der Waals surface area contributed by atoms with Gasteiger partial charge in [0.2, 0.25) is 0 Å². The van der Waals surface area contributed by atoms with Crippen LogP contribution in [-0.4, -0.2) is 12.5 Å². The summed E-state index contributed by atoms with van der Waals surface area (Å²) in [6, 6.07) is 2.87. The highest BCUT2D eigenvalue weighted by atomic mass is 79.9. The van der Waals surface area contributed by atoms with Crippen molar-refractivity contribution in [3.63, 3.8) is 0 Å². The van der Waals surface area contributed by atoms with Gasteiger partial charge >= 0.3 is 0 Å². The summed E-state index contributed by atoms with van der Waals surface area (Å²) in [5.74, 6) is -0.0970. The predicted molar refractivity (Wildman–Crippen MR) is 66.0 cm³/mol. The molecule has 0 aromatic heterocycles. The predicted octanol–water partition coefficient (Wildman–Crippen LogP) is 3.28. The smallest absolute Gasteiger partial charge is 0.252 e. The molecule has 0 saturated heterocycles. The van der Waals surface area contributed by atoms with Crippen LogP contribution >= 0.6 is 15.9 Å². The molecule has 0 radical (unpaired) electrons. The molecule has 1 amide bonds. The molecule has 0 fully saturated rings. The topological polar surface area (TPSA) is 29.1 Å². The first kappa shape index (κ1) is 13.2. The van der Waals surface area contributed by atoms with Crippen LogP contribution in [0.1, 0.15) is 29.8 Å². The summed E-state index contributed by atoms with van der Waals surface area (Å²) in [6.45, 7) is 6.29. The third-order valence-electron chi connectivity index (χ3n) is 2.16. The molecule has 1 aromatic rings. The number of hydrogen-bond donors (Lipinski definition) is 1. The highest BCUT2D eigenvalue weighted by molar-refractivity contribution is 9.10. The van der Waals surface area contributed by atoms with Gasteiger partial charge in [0.1, 0.15) is 5.82 Å². The first-order valence-electron chi connectivity index (χ1n) is 5.15. The van der Waals surface area contributed by atoms with Crippen molar-refractivity contribution in [2.75, 3.05) is 6.54 Å². The molecule has 0 aliphatic carbocycles. The van der Waals surface area contributed by atoms with Gasteiger partial charge in [0.05, 0.1) is 5.56 Å². The second-order valence-electron chi connectivity index (χ2n) is 4.19. The van der Waals surface area contributed by atoms with E-state index in [1.807, 2.05) is 13.8 Å². The van der Waals surface area contributed by atoms with Crippen molar-refractivity contribution >= 4 is 21.8 Å². The average molecular weight is 288 g/mol. The maximum Gasteiger partial charge on any atom is 0.252 e. The molecule has 0 heterocycles. The lowest BCUT2D eigenvalue weighted by Gasteiger charge is -2.10. The zero-order valence-corrected chi connectivity index (χ0v) is 11.2. The minimum atomic E-state index is -0.313. The van der Waals surface area contributed by atoms with E-state index in [1.54, 1.807) is 13.0 Å². The molecular formula is C12H15BrFNO. The molecule has 1 aromatic carbocycles. The number of nitrogens with one attached hydrogen (secondary N) is 1. The van der Waals surface area contributed by atoms with Gasteiger partial charge in [-0.3, -0.25) is 4.79 Å². The SMILES string of the molecule is Cc1cc(C(=O)NCC(C)C)c(Br)cc1F. The van der Waals surface area contributed by atoms with Crippen LogP contribution in [0.5, 0.6) is 0 Å². The Hall–Kier alpha value is -0.900. The molecule has 0 bridgehead atoms. The fraction of sp³-hybridized carbons (Fsp3) is 0.417. The largest absolute Gasteiger partial charge is 0.352 e. The normalized spacial score (nSPS) is 10.6. The number of amides is 1. The monoisotopic (exact) mass is 287 g/mol. The fourth-order valence-corrected chi connectivity index (χ4v) is 1.72. The fourth-order valence-electron chi connectivity index (χ4n) is 1.22. The Morgan fingerprint density at radius 3 is 2.69 bits per heavy atom. The van der Waals surface area contributed by atoms with Crippen LogP contribution in [0.15, 0.2) is 16.6 Å². The first-order valence-corrected chi connectivity index (χ1v) is 5.95. The van der Waals surface area contributed by atoms with E-state index >= 15 is 0 Å². The Labute approximate surface area is 103 Å².